The molecule has 16 heavy (non-hydrogen) atoms. The van der Waals surface area contributed by atoms with Gasteiger partial charge in [0.15, 0.2) is 0 Å². The van der Waals surface area contributed by atoms with E-state index in [2.05, 4.69) is 62.4 Å². The maximum absolute atomic E-state index is 2.40. The number of likely N-dealkylation sites (N-methyl/N-ethyl adjacent to an activating group) is 1. The predicted molar refractivity (Wildman–Crippen MR) is 70.1 cm³/mol. The van der Waals surface area contributed by atoms with Gasteiger partial charge in [-0.05, 0) is 30.9 Å². The first-order valence-corrected chi connectivity index (χ1v) is 6.18. The Bertz CT molecular complexity index is 371. The van der Waals surface area contributed by atoms with Gasteiger partial charge in [0.1, 0.15) is 0 Å². The van der Waals surface area contributed by atoms with Crippen LogP contribution in [0.4, 0.5) is 0 Å². The second-order valence-corrected chi connectivity index (χ2v) is 4.73. The zero-order valence-electron chi connectivity index (χ0n) is 10.5. The number of rotatable bonds is 2. The van der Waals surface area contributed by atoms with Crippen molar-refractivity contribution in [1.82, 2.24) is 4.90 Å². The summed E-state index contributed by atoms with van der Waals surface area (Å²) in [5, 5.41) is 0. The molecular weight excluding hydrogens is 194 g/mol. The molecule has 0 spiro atoms. The van der Waals surface area contributed by atoms with Crippen LogP contribution in [-0.4, -0.2) is 18.0 Å². The van der Waals surface area contributed by atoms with Gasteiger partial charge in [-0.2, -0.15) is 0 Å². The first-order chi connectivity index (χ1) is 7.72. The third-order valence-corrected chi connectivity index (χ3v) is 3.56. The van der Waals surface area contributed by atoms with Crippen LogP contribution in [-0.2, 0) is 0 Å². The third kappa shape index (κ3) is 2.13. The highest BCUT2D eigenvalue weighted by Gasteiger charge is 2.20. The Morgan fingerprint density at radius 2 is 2.19 bits per heavy atom. The second-order valence-electron chi connectivity index (χ2n) is 4.73. The minimum Gasteiger partial charge on any atom is -0.374 e. The Balaban J connectivity index is 2.19. The smallest absolute Gasteiger partial charge is 0.0467 e. The monoisotopic (exact) mass is 215 g/mol. The Morgan fingerprint density at radius 3 is 2.81 bits per heavy atom. The van der Waals surface area contributed by atoms with Gasteiger partial charge in [0.2, 0.25) is 0 Å². The Hall–Kier alpha value is -1.24. The van der Waals surface area contributed by atoms with Crippen molar-refractivity contribution >= 4 is 0 Å². The summed E-state index contributed by atoms with van der Waals surface area (Å²) in [5.74, 6) is 0.571. The van der Waals surface area contributed by atoms with E-state index in [9.17, 15) is 0 Å². The molecule has 0 saturated carbocycles. The summed E-state index contributed by atoms with van der Waals surface area (Å²) in [6, 6.07) is 0.576. The van der Waals surface area contributed by atoms with Crippen LogP contribution in [0.3, 0.4) is 0 Å². The summed E-state index contributed by atoms with van der Waals surface area (Å²) in [6.07, 6.45) is 15.9. The summed E-state index contributed by atoms with van der Waals surface area (Å²) in [4.78, 5) is 2.34. The molecular formula is C15H21N. The van der Waals surface area contributed by atoms with E-state index in [1.54, 1.807) is 0 Å². The van der Waals surface area contributed by atoms with Crippen LogP contribution in [0.2, 0.25) is 0 Å². The van der Waals surface area contributed by atoms with Gasteiger partial charge in [-0.25, -0.2) is 0 Å². The van der Waals surface area contributed by atoms with Crippen LogP contribution in [0.25, 0.3) is 0 Å². The molecule has 0 N–H and O–H groups in total. The van der Waals surface area contributed by atoms with E-state index in [-0.39, 0.29) is 0 Å². The van der Waals surface area contributed by atoms with Crippen molar-refractivity contribution in [3.8, 4) is 0 Å². The number of hydrogen-bond donors (Lipinski definition) is 0. The average Bonchev–Trinajstić information content (AvgIpc) is 2.32. The van der Waals surface area contributed by atoms with E-state index in [4.69, 9.17) is 0 Å². The summed E-state index contributed by atoms with van der Waals surface area (Å²) in [5.41, 5.74) is 2.93. The van der Waals surface area contributed by atoms with Gasteiger partial charge in [-0.3, -0.25) is 0 Å². The summed E-state index contributed by atoms with van der Waals surface area (Å²) in [7, 11) is 2.18. The van der Waals surface area contributed by atoms with Crippen LogP contribution in [0.15, 0.2) is 47.7 Å². The van der Waals surface area contributed by atoms with Crippen LogP contribution >= 0.6 is 0 Å². The van der Waals surface area contributed by atoms with Gasteiger partial charge in [0.05, 0.1) is 0 Å². The quantitative estimate of drug-likeness (QED) is 0.679. The van der Waals surface area contributed by atoms with Gasteiger partial charge >= 0.3 is 0 Å². The fourth-order valence-corrected chi connectivity index (χ4v) is 2.52. The average molecular weight is 215 g/mol. The minimum absolute atomic E-state index is 0.571. The first-order valence-electron chi connectivity index (χ1n) is 6.18. The molecule has 0 aromatic heterocycles. The number of allylic oxidation sites excluding steroid dienone is 6. The normalized spacial score (nSPS) is 29.1. The standard InChI is InChI=1S/C15H21N/c1-4-14-10-12(2)15(11-16(14)3)13-8-6-5-7-9-13/h5-8,10-11,13-14H,4,9H2,1-3H3. The Labute approximate surface area is 98.8 Å². The lowest BCUT2D eigenvalue weighted by Gasteiger charge is -2.32. The lowest BCUT2D eigenvalue weighted by Crippen LogP contribution is -2.29. The predicted octanol–water partition coefficient (Wildman–Crippen LogP) is 3.67. The highest BCUT2D eigenvalue weighted by molar-refractivity contribution is 5.39. The highest BCUT2D eigenvalue weighted by Crippen LogP contribution is 2.31. The van der Waals surface area contributed by atoms with E-state index in [0.29, 0.717) is 12.0 Å². The number of nitrogens with zero attached hydrogens (tertiary/aromatic N) is 1. The molecule has 2 aliphatic rings. The van der Waals surface area contributed by atoms with Gasteiger partial charge in [0, 0.05) is 25.2 Å². The molecule has 0 saturated heterocycles. The van der Waals surface area contributed by atoms with Crippen molar-refractivity contribution < 1.29 is 0 Å². The van der Waals surface area contributed by atoms with Crippen molar-refractivity contribution in [3.63, 3.8) is 0 Å². The SMILES string of the molecule is CCC1C=C(C)C(C2C=CC=CC2)=CN1C. The molecule has 1 nitrogen and oxygen atoms in total. The molecule has 1 aliphatic heterocycles. The molecule has 0 aromatic carbocycles. The van der Waals surface area contributed by atoms with Crippen LogP contribution in [0.1, 0.15) is 26.7 Å². The molecule has 1 aliphatic carbocycles. The lowest BCUT2D eigenvalue weighted by atomic mass is 9.86. The molecule has 1 heteroatoms. The lowest BCUT2D eigenvalue weighted by molar-refractivity contribution is 0.362. The molecule has 2 atom stereocenters. The van der Waals surface area contributed by atoms with Crippen LogP contribution in [0, 0.1) is 5.92 Å². The molecule has 2 rings (SSSR count). The third-order valence-electron chi connectivity index (χ3n) is 3.56. The summed E-state index contributed by atoms with van der Waals surface area (Å²) < 4.78 is 0. The maximum atomic E-state index is 2.40. The zero-order valence-corrected chi connectivity index (χ0v) is 10.5. The molecule has 86 valence electrons. The van der Waals surface area contributed by atoms with Gasteiger partial charge in [0.25, 0.3) is 0 Å². The Kier molecular flexibility index (Phi) is 3.33. The van der Waals surface area contributed by atoms with E-state index in [0.717, 1.165) is 6.42 Å². The zero-order chi connectivity index (χ0) is 11.5. The maximum Gasteiger partial charge on any atom is 0.0467 e. The van der Waals surface area contributed by atoms with Crippen molar-refractivity contribution in [3.05, 3.63) is 47.7 Å². The van der Waals surface area contributed by atoms with E-state index in [1.807, 2.05) is 0 Å². The van der Waals surface area contributed by atoms with Crippen molar-refractivity contribution in [2.75, 3.05) is 7.05 Å². The van der Waals surface area contributed by atoms with Crippen molar-refractivity contribution in [2.45, 2.75) is 32.7 Å². The fraction of sp³-hybridized carbons (Fsp3) is 0.467. The largest absolute Gasteiger partial charge is 0.374 e. The summed E-state index contributed by atoms with van der Waals surface area (Å²) >= 11 is 0. The van der Waals surface area contributed by atoms with Crippen molar-refractivity contribution in [1.29, 1.82) is 0 Å². The molecule has 0 aromatic rings. The molecule has 0 fully saturated rings. The van der Waals surface area contributed by atoms with Gasteiger partial charge in [-0.1, -0.05) is 37.3 Å². The molecule has 2 unspecified atom stereocenters. The van der Waals surface area contributed by atoms with Gasteiger partial charge < -0.3 is 4.90 Å². The van der Waals surface area contributed by atoms with E-state index in [1.165, 1.54) is 17.6 Å². The topological polar surface area (TPSA) is 3.24 Å². The number of hydrogen-bond acceptors (Lipinski definition) is 1. The Morgan fingerprint density at radius 1 is 1.38 bits per heavy atom. The first kappa shape index (κ1) is 11.3. The summed E-state index contributed by atoms with van der Waals surface area (Å²) in [6.45, 7) is 4.49. The molecule has 0 radical (unpaired) electrons. The van der Waals surface area contributed by atoms with Crippen molar-refractivity contribution in [2.24, 2.45) is 5.92 Å². The van der Waals surface area contributed by atoms with Crippen LogP contribution < -0.4 is 0 Å². The second kappa shape index (κ2) is 4.73. The minimum atomic E-state index is 0.571. The van der Waals surface area contributed by atoms with Crippen LogP contribution in [0.5, 0.6) is 0 Å². The molecule has 0 amide bonds. The van der Waals surface area contributed by atoms with E-state index < -0.39 is 0 Å². The molecule has 1 heterocycles. The molecule has 0 bridgehead atoms. The fourth-order valence-electron chi connectivity index (χ4n) is 2.52. The highest BCUT2D eigenvalue weighted by atomic mass is 15.1. The van der Waals surface area contributed by atoms with E-state index >= 15 is 0 Å². The van der Waals surface area contributed by atoms with Gasteiger partial charge in [-0.15, -0.1) is 0 Å².